The second-order valence-electron chi connectivity index (χ2n) is 0.894. The molecule has 0 heterocycles. The minimum atomic E-state index is -5.39. The van der Waals surface area contributed by atoms with Crippen LogP contribution in [0.3, 0.4) is 0 Å². The first-order valence-electron chi connectivity index (χ1n) is 1.46. The van der Waals surface area contributed by atoms with E-state index in [2.05, 4.69) is 0 Å². The van der Waals surface area contributed by atoms with E-state index < -0.39 is 15.6 Å². The van der Waals surface area contributed by atoms with E-state index in [9.17, 15) is 0 Å². The van der Waals surface area contributed by atoms with Crippen molar-refractivity contribution in [3.63, 3.8) is 0 Å². The van der Waals surface area contributed by atoms with Gasteiger partial charge in [-0.1, -0.05) is 0 Å². The van der Waals surface area contributed by atoms with Crippen molar-refractivity contribution in [2.45, 2.75) is 0 Å². The van der Waals surface area contributed by atoms with Crippen LogP contribution in [-0.4, -0.2) is 119 Å². The maximum Gasteiger partial charge on any atom is 2.00 e. The van der Waals surface area contributed by atoms with Crippen LogP contribution < -0.4 is 29.4 Å². The molecule has 14 heavy (non-hydrogen) atoms. The van der Waals surface area contributed by atoms with Gasteiger partial charge < -0.3 is 44.0 Å². The fourth-order valence-corrected chi connectivity index (χ4v) is 0. The van der Waals surface area contributed by atoms with E-state index in [4.69, 9.17) is 38.5 Å². The summed E-state index contributed by atoms with van der Waals surface area (Å²) < 4.78 is 17.1. The molecule has 0 atom stereocenters. The van der Waals surface area contributed by atoms with Crippen molar-refractivity contribution >= 4 is 129 Å². The molecule has 0 saturated carbocycles. The molecule has 0 aliphatic rings. The molecule has 0 aromatic heterocycles. The Bertz CT molecular complexity index is 130. The molecule has 0 radical (unpaired) electrons. The topological polar surface area (TPSA) is 204 Å². The number of hydrogen-bond acceptors (Lipinski definition) is 8. The monoisotopic (exact) mass is 328 g/mol. The van der Waals surface area contributed by atoms with Crippen LogP contribution in [0, 0.1) is 0 Å². The Hall–Kier alpha value is 3.96. The Kier molecular flexibility index (Phi) is 43.7. The Morgan fingerprint density at radius 2 is 0.571 bits per heavy atom. The molecule has 0 aliphatic carbocycles. The van der Waals surface area contributed by atoms with Gasteiger partial charge in [0.25, 0.3) is 0 Å². The maximum atomic E-state index is 8.55. The summed E-state index contributed by atoms with van der Waals surface area (Å²) in [6.07, 6.45) is 0. The van der Waals surface area contributed by atoms with E-state index in [1.54, 1.807) is 0 Å². The fourth-order valence-electron chi connectivity index (χ4n) is 0. The van der Waals surface area contributed by atoms with Gasteiger partial charge in [0.05, 0.1) is 0 Å². The quantitative estimate of drug-likeness (QED) is 0.307. The minimum absolute atomic E-state index is 0. The predicted octanol–water partition coefficient (Wildman–Crippen LogP) is -7.62. The van der Waals surface area contributed by atoms with Crippen LogP contribution in [0.25, 0.3) is 0 Å². The van der Waals surface area contributed by atoms with Crippen LogP contribution in [0.15, 0.2) is 0 Å². The van der Waals surface area contributed by atoms with Crippen molar-refractivity contribution in [2.24, 2.45) is 0 Å². The number of rotatable bonds is 0. The van der Waals surface area contributed by atoms with Crippen LogP contribution in [-0.2, 0) is 9.13 Å². The van der Waals surface area contributed by atoms with E-state index in [1.165, 1.54) is 0 Å². The Labute approximate surface area is 169 Å². The zero-order chi connectivity index (χ0) is 9.00. The van der Waals surface area contributed by atoms with Gasteiger partial charge in [0.15, 0.2) is 0 Å². The van der Waals surface area contributed by atoms with Gasteiger partial charge in [0.2, 0.25) is 0 Å². The Balaban J connectivity index is -0.0000000178. The first-order valence-corrected chi connectivity index (χ1v) is 4.38. The summed E-state index contributed by atoms with van der Waals surface area (Å²) in [5.41, 5.74) is 0. The smallest absolute Gasteiger partial charge is 0.822 e. The fraction of sp³-hybridized carbons (Fsp3) is 0. The second kappa shape index (κ2) is 17.0. The van der Waals surface area contributed by atoms with Crippen LogP contribution in [0.4, 0.5) is 0 Å². The van der Waals surface area contributed by atoms with Crippen molar-refractivity contribution < 1.29 is 44.0 Å². The van der Waals surface area contributed by atoms with E-state index in [0.717, 1.165) is 0 Å². The molecule has 0 unspecified atom stereocenters. The summed E-state index contributed by atoms with van der Waals surface area (Å²) in [4.78, 5) is 51.3. The summed E-state index contributed by atoms with van der Waals surface area (Å²) in [6.45, 7) is 0. The molecular formula is H2Ca3O9P2. The molecule has 0 spiro atoms. The van der Waals surface area contributed by atoms with Gasteiger partial charge >= 0.3 is 113 Å². The molecule has 0 aromatic carbocycles. The molecule has 9 nitrogen and oxygen atoms in total. The van der Waals surface area contributed by atoms with Gasteiger partial charge in [-0.15, -0.1) is 0 Å². The van der Waals surface area contributed by atoms with Gasteiger partial charge in [-0.05, 0) is 0 Å². The SMILES string of the molecule is O.O=P([O-])([O-])[O-].O=P([O-])([O-])[O-].[Ca+2].[Ca+2].[Ca+2]. The van der Waals surface area contributed by atoms with Gasteiger partial charge in [-0.2, -0.15) is 15.6 Å². The normalized spacial score (nSPS) is 8.43. The minimum Gasteiger partial charge on any atom is -0.822 e. The number of hydrogen-bond donors (Lipinski definition) is 0. The van der Waals surface area contributed by atoms with E-state index in [-0.39, 0.29) is 119 Å². The van der Waals surface area contributed by atoms with Gasteiger partial charge in [0.1, 0.15) is 0 Å². The summed E-state index contributed by atoms with van der Waals surface area (Å²) >= 11 is 0. The number of phosphoric acid groups is 2. The molecule has 0 saturated heterocycles. The van der Waals surface area contributed by atoms with E-state index in [1.807, 2.05) is 0 Å². The zero-order valence-electron chi connectivity index (χ0n) is 6.78. The first-order chi connectivity index (χ1) is 4.00. The molecule has 0 amide bonds. The molecule has 2 N–H and O–H groups in total. The predicted molar refractivity (Wildman–Crippen MR) is 36.1 cm³/mol. The van der Waals surface area contributed by atoms with E-state index >= 15 is 0 Å². The third kappa shape index (κ3) is 228. The largest absolute Gasteiger partial charge is 2.00 e. The van der Waals surface area contributed by atoms with Crippen molar-refractivity contribution in [3.05, 3.63) is 0 Å². The maximum absolute atomic E-state index is 8.55. The molecular weight excluding hydrogens is 326 g/mol. The molecule has 14 heteroatoms. The molecule has 0 fully saturated rings. The third-order valence-electron chi connectivity index (χ3n) is 0. The Morgan fingerprint density at radius 1 is 0.571 bits per heavy atom. The Morgan fingerprint density at radius 3 is 0.571 bits per heavy atom. The molecule has 0 rings (SSSR count). The average molecular weight is 328 g/mol. The third-order valence-corrected chi connectivity index (χ3v) is 0. The molecule has 72 valence electrons. The van der Waals surface area contributed by atoms with Crippen LogP contribution in [0.5, 0.6) is 0 Å². The summed E-state index contributed by atoms with van der Waals surface area (Å²) in [5, 5.41) is 0. The van der Waals surface area contributed by atoms with Crippen molar-refractivity contribution in [2.75, 3.05) is 0 Å². The average Bonchev–Trinajstić information content (AvgIpc) is 1.12. The standard InChI is InChI=1S/3Ca.2H3O4P.H2O/c;;;2*1-5(2,3)4;/h;;;2*(H3,1,2,3,4);1H2/q3*+2;;;/p-6. The first kappa shape index (κ1) is 36.1. The van der Waals surface area contributed by atoms with Crippen molar-refractivity contribution in [1.29, 1.82) is 0 Å². The van der Waals surface area contributed by atoms with Gasteiger partial charge in [0, 0.05) is 0 Å². The summed E-state index contributed by atoms with van der Waals surface area (Å²) in [7, 11) is -10.8. The van der Waals surface area contributed by atoms with Crippen LogP contribution in [0.1, 0.15) is 0 Å². The van der Waals surface area contributed by atoms with Crippen LogP contribution >= 0.6 is 15.6 Å². The van der Waals surface area contributed by atoms with Crippen LogP contribution in [0.2, 0.25) is 0 Å². The summed E-state index contributed by atoms with van der Waals surface area (Å²) in [6, 6.07) is 0. The summed E-state index contributed by atoms with van der Waals surface area (Å²) in [5.74, 6) is 0. The van der Waals surface area contributed by atoms with E-state index in [0.29, 0.717) is 0 Å². The molecule has 0 aliphatic heterocycles. The molecule has 0 bridgehead atoms. The van der Waals surface area contributed by atoms with Crippen molar-refractivity contribution in [3.8, 4) is 0 Å². The van der Waals surface area contributed by atoms with Gasteiger partial charge in [-0.3, -0.25) is 0 Å². The molecule has 0 aromatic rings. The van der Waals surface area contributed by atoms with Gasteiger partial charge in [-0.25, -0.2) is 0 Å². The second-order valence-corrected chi connectivity index (χ2v) is 2.68. The zero-order valence-corrected chi connectivity index (χ0v) is 15.2. The van der Waals surface area contributed by atoms with Crippen molar-refractivity contribution in [1.82, 2.24) is 0 Å².